The summed E-state index contributed by atoms with van der Waals surface area (Å²) < 4.78 is 0. The van der Waals surface area contributed by atoms with Gasteiger partial charge in [0, 0.05) is 13.0 Å². The zero-order chi connectivity index (χ0) is 18.6. The third-order valence-corrected chi connectivity index (χ3v) is 4.86. The molecule has 0 fully saturated rings. The minimum absolute atomic E-state index is 0.243. The molecule has 0 radical (unpaired) electrons. The Kier molecular flexibility index (Phi) is 19.3. The summed E-state index contributed by atoms with van der Waals surface area (Å²) in [6.45, 7) is 4.22. The van der Waals surface area contributed by atoms with Crippen molar-refractivity contribution in [1.82, 2.24) is 10.2 Å². The fourth-order valence-electron chi connectivity index (χ4n) is 3.17. The molecule has 0 saturated heterocycles. The molecule has 3 heteroatoms. The molecular weight excluding hydrogens is 308 g/mol. The molecule has 0 unspecified atom stereocenters. The van der Waals surface area contributed by atoms with Crippen molar-refractivity contribution >= 4 is 5.91 Å². The van der Waals surface area contributed by atoms with Gasteiger partial charge in [-0.2, -0.15) is 0 Å². The highest BCUT2D eigenvalue weighted by Gasteiger charge is 2.00. The average Bonchev–Trinajstić information content (AvgIpc) is 2.58. The maximum atomic E-state index is 11.7. The van der Waals surface area contributed by atoms with Crippen molar-refractivity contribution in [2.45, 2.75) is 110 Å². The lowest BCUT2D eigenvalue weighted by molar-refractivity contribution is -0.121. The van der Waals surface area contributed by atoms with Crippen LogP contribution in [0.1, 0.15) is 110 Å². The number of nitrogens with one attached hydrogen (secondary N) is 1. The number of carbonyl (C=O) groups is 1. The van der Waals surface area contributed by atoms with Crippen molar-refractivity contribution in [3.63, 3.8) is 0 Å². The summed E-state index contributed by atoms with van der Waals surface area (Å²) in [5.74, 6) is 0.243. The third kappa shape index (κ3) is 21.4. The lowest BCUT2D eigenvalue weighted by atomic mass is 10.0. The second-order valence-corrected chi connectivity index (χ2v) is 7.85. The van der Waals surface area contributed by atoms with Crippen molar-refractivity contribution in [1.29, 1.82) is 0 Å². The molecule has 0 bridgehead atoms. The number of carbonyl (C=O) groups excluding carboxylic acids is 1. The van der Waals surface area contributed by atoms with Crippen LogP contribution in [0.3, 0.4) is 0 Å². The fraction of sp³-hybridized carbons (Fsp3) is 0.955. The predicted molar refractivity (Wildman–Crippen MR) is 111 cm³/mol. The highest BCUT2D eigenvalue weighted by Crippen LogP contribution is 2.12. The van der Waals surface area contributed by atoms with E-state index in [-0.39, 0.29) is 5.91 Å². The standard InChI is InChI=1S/C22H46N2O/c1-4-5-6-7-8-9-10-11-12-13-14-15-16-19-22(25)23-20-17-18-21-24(2)3/h4-21H2,1-3H3,(H,23,25). The van der Waals surface area contributed by atoms with Gasteiger partial charge < -0.3 is 10.2 Å². The van der Waals surface area contributed by atoms with Gasteiger partial charge in [0.25, 0.3) is 0 Å². The minimum atomic E-state index is 0.243. The Morgan fingerprint density at radius 1 is 0.680 bits per heavy atom. The number of nitrogens with zero attached hydrogens (tertiary/aromatic N) is 1. The summed E-state index contributed by atoms with van der Waals surface area (Å²) >= 11 is 0. The van der Waals surface area contributed by atoms with Gasteiger partial charge in [-0.15, -0.1) is 0 Å². The van der Waals surface area contributed by atoms with Crippen molar-refractivity contribution in [3.05, 3.63) is 0 Å². The van der Waals surface area contributed by atoms with Crippen LogP contribution in [-0.4, -0.2) is 38.0 Å². The van der Waals surface area contributed by atoms with E-state index >= 15 is 0 Å². The Morgan fingerprint density at radius 3 is 1.64 bits per heavy atom. The number of hydrogen-bond donors (Lipinski definition) is 1. The first-order valence-electron chi connectivity index (χ1n) is 11.1. The summed E-state index contributed by atoms with van der Waals surface area (Å²) in [6.07, 6.45) is 20.6. The van der Waals surface area contributed by atoms with E-state index in [4.69, 9.17) is 0 Å². The van der Waals surface area contributed by atoms with E-state index in [2.05, 4.69) is 31.2 Å². The summed E-state index contributed by atoms with van der Waals surface area (Å²) in [4.78, 5) is 13.9. The molecule has 1 amide bonds. The zero-order valence-corrected chi connectivity index (χ0v) is 17.6. The van der Waals surface area contributed by atoms with Gasteiger partial charge in [0.15, 0.2) is 0 Å². The molecule has 0 aliphatic carbocycles. The first-order valence-corrected chi connectivity index (χ1v) is 11.1. The second-order valence-electron chi connectivity index (χ2n) is 7.85. The van der Waals surface area contributed by atoms with E-state index in [9.17, 15) is 4.79 Å². The molecule has 0 atom stereocenters. The molecule has 25 heavy (non-hydrogen) atoms. The van der Waals surface area contributed by atoms with Gasteiger partial charge in [-0.3, -0.25) is 4.79 Å². The summed E-state index contributed by atoms with van der Waals surface area (Å²) in [7, 11) is 4.18. The molecule has 3 nitrogen and oxygen atoms in total. The third-order valence-electron chi connectivity index (χ3n) is 4.86. The molecule has 0 aromatic rings. The zero-order valence-electron chi connectivity index (χ0n) is 17.6. The first-order chi connectivity index (χ1) is 12.2. The molecule has 0 heterocycles. The van der Waals surface area contributed by atoms with E-state index in [0.29, 0.717) is 6.42 Å². The van der Waals surface area contributed by atoms with Crippen molar-refractivity contribution < 1.29 is 4.79 Å². The molecule has 0 saturated carbocycles. The highest BCUT2D eigenvalue weighted by molar-refractivity contribution is 5.75. The van der Waals surface area contributed by atoms with Crippen LogP contribution in [-0.2, 0) is 4.79 Å². The van der Waals surface area contributed by atoms with Crippen LogP contribution in [0.25, 0.3) is 0 Å². The Balaban J connectivity index is 3.13. The van der Waals surface area contributed by atoms with E-state index in [0.717, 1.165) is 32.4 Å². The minimum Gasteiger partial charge on any atom is -0.356 e. The monoisotopic (exact) mass is 354 g/mol. The summed E-state index contributed by atoms with van der Waals surface area (Å²) in [5, 5.41) is 3.04. The van der Waals surface area contributed by atoms with Gasteiger partial charge in [-0.1, -0.05) is 84.0 Å². The maximum Gasteiger partial charge on any atom is 0.219 e. The fourth-order valence-corrected chi connectivity index (χ4v) is 3.17. The number of hydrogen-bond acceptors (Lipinski definition) is 2. The van der Waals surface area contributed by atoms with Crippen molar-refractivity contribution in [2.24, 2.45) is 0 Å². The van der Waals surface area contributed by atoms with Gasteiger partial charge in [-0.05, 0) is 39.9 Å². The van der Waals surface area contributed by atoms with E-state index < -0.39 is 0 Å². The number of rotatable bonds is 19. The first kappa shape index (κ1) is 24.4. The van der Waals surface area contributed by atoms with E-state index in [1.165, 1.54) is 77.0 Å². The van der Waals surface area contributed by atoms with E-state index in [1.54, 1.807) is 0 Å². The largest absolute Gasteiger partial charge is 0.356 e. The molecule has 0 aromatic heterocycles. The van der Waals surface area contributed by atoms with Crippen molar-refractivity contribution in [3.8, 4) is 0 Å². The van der Waals surface area contributed by atoms with Crippen LogP contribution in [0.5, 0.6) is 0 Å². The maximum absolute atomic E-state index is 11.7. The van der Waals surface area contributed by atoms with Crippen LogP contribution >= 0.6 is 0 Å². The molecule has 0 rings (SSSR count). The predicted octanol–water partition coefficient (Wildman–Crippen LogP) is 5.93. The van der Waals surface area contributed by atoms with Gasteiger partial charge in [0.1, 0.15) is 0 Å². The summed E-state index contributed by atoms with van der Waals surface area (Å²) in [5.41, 5.74) is 0. The molecule has 1 N–H and O–H groups in total. The van der Waals surface area contributed by atoms with Gasteiger partial charge in [0.05, 0.1) is 0 Å². The van der Waals surface area contributed by atoms with Crippen LogP contribution in [0.2, 0.25) is 0 Å². The van der Waals surface area contributed by atoms with Gasteiger partial charge in [-0.25, -0.2) is 0 Å². The normalized spacial score (nSPS) is 11.2. The average molecular weight is 355 g/mol. The molecule has 0 spiro atoms. The molecular formula is C22H46N2O. The number of unbranched alkanes of at least 4 members (excludes halogenated alkanes) is 13. The van der Waals surface area contributed by atoms with Gasteiger partial charge in [0.2, 0.25) is 5.91 Å². The summed E-state index contributed by atoms with van der Waals surface area (Å²) in [6, 6.07) is 0. The Hall–Kier alpha value is -0.570. The van der Waals surface area contributed by atoms with Crippen LogP contribution in [0.15, 0.2) is 0 Å². The van der Waals surface area contributed by atoms with Crippen LogP contribution in [0.4, 0.5) is 0 Å². The topological polar surface area (TPSA) is 32.3 Å². The van der Waals surface area contributed by atoms with Gasteiger partial charge >= 0.3 is 0 Å². The SMILES string of the molecule is CCCCCCCCCCCCCCCC(=O)NCCCCN(C)C. The Labute approximate surface area is 158 Å². The number of amides is 1. The molecule has 0 aliphatic heterocycles. The molecule has 0 aliphatic rings. The highest BCUT2D eigenvalue weighted by atomic mass is 16.1. The smallest absolute Gasteiger partial charge is 0.219 e. The van der Waals surface area contributed by atoms with Crippen molar-refractivity contribution in [2.75, 3.05) is 27.2 Å². The van der Waals surface area contributed by atoms with E-state index in [1.807, 2.05) is 0 Å². The quantitative estimate of drug-likeness (QED) is 0.292. The van der Waals surface area contributed by atoms with Crippen LogP contribution < -0.4 is 5.32 Å². The Morgan fingerprint density at radius 2 is 1.16 bits per heavy atom. The second kappa shape index (κ2) is 19.8. The lowest BCUT2D eigenvalue weighted by Gasteiger charge is -2.09. The lowest BCUT2D eigenvalue weighted by Crippen LogP contribution is -2.24. The Bertz CT molecular complexity index is 279. The molecule has 150 valence electrons. The van der Waals surface area contributed by atoms with Crippen LogP contribution in [0, 0.1) is 0 Å². The molecule has 0 aromatic carbocycles.